The maximum atomic E-state index is 11.8. The summed E-state index contributed by atoms with van der Waals surface area (Å²) in [6.45, 7) is 0.260. The fourth-order valence-electron chi connectivity index (χ4n) is 2.14. The lowest BCUT2D eigenvalue weighted by atomic mass is 10.1. The first-order valence-electron chi connectivity index (χ1n) is 5.55. The van der Waals surface area contributed by atoms with Crippen molar-refractivity contribution in [2.75, 3.05) is 17.2 Å². The quantitative estimate of drug-likeness (QED) is 0.857. The number of aromatic hydroxyl groups is 1. The number of carbonyl (C=O) groups is 1. The van der Waals surface area contributed by atoms with Gasteiger partial charge in [0.2, 0.25) is 15.9 Å². The molecule has 8 heteroatoms. The Morgan fingerprint density at radius 3 is 2.74 bits per heavy atom. The first-order chi connectivity index (χ1) is 8.76. The Balaban J connectivity index is 2.18. The fourth-order valence-corrected chi connectivity index (χ4v) is 3.14. The first-order valence-corrected chi connectivity index (χ1v) is 7.65. The van der Waals surface area contributed by atoms with Gasteiger partial charge in [-0.3, -0.25) is 4.79 Å². The van der Waals surface area contributed by atoms with Crippen LogP contribution >= 0.6 is 11.6 Å². The van der Waals surface area contributed by atoms with Crippen molar-refractivity contribution in [3.63, 3.8) is 0 Å². The van der Waals surface area contributed by atoms with Gasteiger partial charge in [0.25, 0.3) is 0 Å². The summed E-state index contributed by atoms with van der Waals surface area (Å²) in [5, 5.41) is 14.7. The van der Waals surface area contributed by atoms with Gasteiger partial charge in [-0.2, -0.15) is 0 Å². The molecule has 1 aromatic carbocycles. The lowest BCUT2D eigenvalue weighted by Gasteiger charge is -2.17. The monoisotopic (exact) mass is 304 g/mol. The molecule has 1 atom stereocenters. The van der Waals surface area contributed by atoms with E-state index >= 15 is 0 Å². The van der Waals surface area contributed by atoms with Crippen LogP contribution in [0, 0.1) is 5.92 Å². The number of benzene rings is 1. The van der Waals surface area contributed by atoms with Crippen molar-refractivity contribution in [1.82, 2.24) is 0 Å². The van der Waals surface area contributed by atoms with Crippen molar-refractivity contribution in [2.24, 2.45) is 11.1 Å². The van der Waals surface area contributed by atoms with Crippen LogP contribution < -0.4 is 10.0 Å². The molecule has 2 rings (SSSR count). The van der Waals surface area contributed by atoms with Crippen LogP contribution in [0.1, 0.15) is 6.42 Å². The molecule has 1 fully saturated rings. The van der Waals surface area contributed by atoms with Crippen LogP contribution in [-0.4, -0.2) is 31.7 Å². The topological polar surface area (TPSA) is 101 Å². The minimum Gasteiger partial charge on any atom is -0.506 e. The normalized spacial score (nSPS) is 20.0. The maximum absolute atomic E-state index is 11.8. The molecular weight excluding hydrogens is 292 g/mol. The number of amides is 1. The molecule has 0 aromatic heterocycles. The van der Waals surface area contributed by atoms with E-state index < -0.39 is 10.0 Å². The molecule has 1 unspecified atom stereocenters. The molecule has 19 heavy (non-hydrogen) atoms. The Labute approximate surface area is 115 Å². The van der Waals surface area contributed by atoms with Crippen LogP contribution in [0.2, 0.25) is 5.02 Å². The molecule has 1 aliphatic rings. The third-order valence-corrected chi connectivity index (χ3v) is 4.17. The summed E-state index contributed by atoms with van der Waals surface area (Å²) < 4.78 is 22.1. The van der Waals surface area contributed by atoms with Gasteiger partial charge < -0.3 is 10.0 Å². The van der Waals surface area contributed by atoms with Crippen LogP contribution in [-0.2, 0) is 14.8 Å². The molecule has 3 N–H and O–H groups in total. The van der Waals surface area contributed by atoms with Crippen LogP contribution in [0.25, 0.3) is 0 Å². The summed E-state index contributed by atoms with van der Waals surface area (Å²) in [4.78, 5) is 13.3. The number of primary sulfonamides is 1. The highest BCUT2D eigenvalue weighted by Gasteiger charge is 2.32. The second-order valence-electron chi connectivity index (χ2n) is 4.54. The second kappa shape index (κ2) is 4.99. The zero-order chi connectivity index (χ0) is 14.2. The summed E-state index contributed by atoms with van der Waals surface area (Å²) in [5.41, 5.74) is 0.490. The molecule has 1 aliphatic heterocycles. The molecule has 1 aromatic rings. The number of anilines is 1. The van der Waals surface area contributed by atoms with E-state index in [1.807, 2.05) is 0 Å². The van der Waals surface area contributed by atoms with Gasteiger partial charge in [0, 0.05) is 30.6 Å². The Kier molecular flexibility index (Phi) is 3.71. The van der Waals surface area contributed by atoms with E-state index in [1.54, 1.807) is 6.07 Å². The lowest BCUT2D eigenvalue weighted by molar-refractivity contribution is -0.117. The average molecular weight is 305 g/mol. The summed E-state index contributed by atoms with van der Waals surface area (Å²) >= 11 is 5.69. The molecular formula is C11H13ClN2O4S. The lowest BCUT2D eigenvalue weighted by Crippen LogP contribution is -2.27. The number of carbonyl (C=O) groups excluding carboxylic acids is 1. The van der Waals surface area contributed by atoms with Gasteiger partial charge in [0.15, 0.2) is 0 Å². The molecule has 1 amide bonds. The van der Waals surface area contributed by atoms with Gasteiger partial charge in [-0.1, -0.05) is 11.6 Å². The highest BCUT2D eigenvalue weighted by molar-refractivity contribution is 7.89. The predicted octanol–water partition coefficient (Wildman–Crippen LogP) is 0.687. The maximum Gasteiger partial charge on any atom is 0.227 e. The molecule has 0 bridgehead atoms. The van der Waals surface area contributed by atoms with Gasteiger partial charge in [-0.05, 0) is 12.1 Å². The van der Waals surface area contributed by atoms with E-state index in [0.717, 1.165) is 0 Å². The second-order valence-corrected chi connectivity index (χ2v) is 6.61. The predicted molar refractivity (Wildman–Crippen MR) is 71.6 cm³/mol. The summed E-state index contributed by atoms with van der Waals surface area (Å²) in [6.07, 6.45) is 0.125. The SMILES string of the molecule is NS(=O)(=O)CC1CC(=O)N(c2ccc(Cl)c(O)c2)C1. The number of hydrogen-bond acceptors (Lipinski definition) is 4. The molecule has 0 spiro atoms. The van der Waals surface area contributed by atoms with Crippen molar-refractivity contribution in [3.05, 3.63) is 23.2 Å². The summed E-state index contributed by atoms with van der Waals surface area (Å²) in [5.74, 6) is -0.882. The minimum absolute atomic E-state index is 0.123. The number of sulfonamides is 1. The zero-order valence-corrected chi connectivity index (χ0v) is 11.5. The summed E-state index contributed by atoms with van der Waals surface area (Å²) in [6, 6.07) is 4.45. The number of rotatable bonds is 3. The van der Waals surface area contributed by atoms with Crippen molar-refractivity contribution in [2.45, 2.75) is 6.42 Å². The molecule has 0 radical (unpaired) electrons. The van der Waals surface area contributed by atoms with E-state index in [-0.39, 0.29) is 41.3 Å². The van der Waals surface area contributed by atoms with Crippen LogP contribution in [0.4, 0.5) is 5.69 Å². The van der Waals surface area contributed by atoms with Gasteiger partial charge >= 0.3 is 0 Å². The number of phenolic OH excluding ortho intramolecular Hbond substituents is 1. The number of nitrogens with zero attached hydrogens (tertiary/aromatic N) is 1. The number of nitrogens with two attached hydrogens (primary N) is 1. The third kappa shape index (κ3) is 3.37. The van der Waals surface area contributed by atoms with E-state index in [9.17, 15) is 18.3 Å². The highest BCUT2D eigenvalue weighted by atomic mass is 35.5. The van der Waals surface area contributed by atoms with Gasteiger partial charge in [0.05, 0.1) is 10.8 Å². The van der Waals surface area contributed by atoms with Crippen LogP contribution in [0.3, 0.4) is 0 Å². The van der Waals surface area contributed by atoms with E-state index in [1.165, 1.54) is 17.0 Å². The molecule has 104 valence electrons. The number of halogens is 1. The van der Waals surface area contributed by atoms with Crippen LogP contribution in [0.5, 0.6) is 5.75 Å². The first kappa shape index (κ1) is 14.1. The van der Waals surface area contributed by atoms with Gasteiger partial charge in [-0.15, -0.1) is 0 Å². The third-order valence-electron chi connectivity index (χ3n) is 2.91. The van der Waals surface area contributed by atoms with Crippen molar-refractivity contribution in [3.8, 4) is 5.75 Å². The van der Waals surface area contributed by atoms with Gasteiger partial charge in [-0.25, -0.2) is 13.6 Å². The van der Waals surface area contributed by atoms with Crippen molar-refractivity contribution in [1.29, 1.82) is 0 Å². The molecule has 6 nitrogen and oxygen atoms in total. The number of hydrogen-bond donors (Lipinski definition) is 2. The average Bonchev–Trinajstić information content (AvgIpc) is 2.61. The van der Waals surface area contributed by atoms with E-state index in [0.29, 0.717) is 5.69 Å². The Bertz CT molecular complexity index is 617. The van der Waals surface area contributed by atoms with E-state index in [4.69, 9.17) is 16.7 Å². The largest absolute Gasteiger partial charge is 0.506 e. The minimum atomic E-state index is -3.60. The standard InChI is InChI=1S/C11H13ClN2O4S/c12-9-2-1-8(4-10(9)15)14-5-7(3-11(14)16)6-19(13,17)18/h1-2,4,7,15H,3,5-6H2,(H2,13,17,18). The van der Waals surface area contributed by atoms with Crippen molar-refractivity contribution >= 4 is 33.2 Å². The molecule has 0 saturated carbocycles. The smallest absolute Gasteiger partial charge is 0.227 e. The van der Waals surface area contributed by atoms with Crippen LogP contribution in [0.15, 0.2) is 18.2 Å². The Hall–Kier alpha value is -1.31. The zero-order valence-electron chi connectivity index (χ0n) is 9.91. The van der Waals surface area contributed by atoms with Gasteiger partial charge in [0.1, 0.15) is 5.75 Å². The number of phenols is 1. The molecule has 1 heterocycles. The Morgan fingerprint density at radius 2 is 2.16 bits per heavy atom. The highest BCUT2D eigenvalue weighted by Crippen LogP contribution is 2.31. The molecule has 1 saturated heterocycles. The molecule has 0 aliphatic carbocycles. The van der Waals surface area contributed by atoms with E-state index in [2.05, 4.69) is 0 Å². The van der Waals surface area contributed by atoms with Crippen molar-refractivity contribution < 1.29 is 18.3 Å². The summed E-state index contributed by atoms with van der Waals surface area (Å²) in [7, 11) is -3.60. The fraction of sp³-hybridized carbons (Fsp3) is 0.364. The Morgan fingerprint density at radius 1 is 1.47 bits per heavy atom.